The molecule has 0 amide bonds. The molecule has 2 aromatic carbocycles. The van der Waals surface area contributed by atoms with E-state index in [2.05, 4.69) is 9.80 Å². The maximum atomic E-state index is 13.2. The third kappa shape index (κ3) is 5.92. The van der Waals surface area contributed by atoms with Gasteiger partial charge in [0.1, 0.15) is 18.2 Å². The Hall–Kier alpha value is -1.71. The lowest BCUT2D eigenvalue weighted by Gasteiger charge is -2.34. The number of benzene rings is 2. The van der Waals surface area contributed by atoms with Crippen molar-refractivity contribution < 1.29 is 17.5 Å². The van der Waals surface area contributed by atoms with Gasteiger partial charge in [-0.2, -0.15) is 0 Å². The quantitative estimate of drug-likeness (QED) is 0.612. The summed E-state index contributed by atoms with van der Waals surface area (Å²) in [7, 11) is -0.411. The maximum Gasteiger partial charge on any atom is 0.242 e. The van der Waals surface area contributed by atoms with Crippen LogP contribution in [0.1, 0.15) is 5.56 Å². The van der Waals surface area contributed by atoms with Crippen molar-refractivity contribution in [3.8, 4) is 5.75 Å². The lowest BCUT2D eigenvalue weighted by Crippen LogP contribution is -2.47. The molecule has 3 rings (SSSR count). The minimum absolute atomic E-state index is 0.247. The Balaban J connectivity index is 1.41. The van der Waals surface area contributed by atoms with Crippen LogP contribution in [0.15, 0.2) is 47.4 Å². The Morgan fingerprint density at radius 2 is 1.67 bits per heavy atom. The summed E-state index contributed by atoms with van der Waals surface area (Å²) in [5.74, 6) is 0.333. The van der Waals surface area contributed by atoms with Crippen LogP contribution in [0.2, 0.25) is 5.02 Å². The van der Waals surface area contributed by atoms with Crippen LogP contribution in [-0.4, -0.2) is 75.9 Å². The highest BCUT2D eigenvalue weighted by molar-refractivity contribution is 7.89. The molecule has 164 valence electrons. The molecule has 0 bridgehead atoms. The molecule has 0 radical (unpaired) electrons. The van der Waals surface area contributed by atoms with Gasteiger partial charge in [0.25, 0.3) is 0 Å². The molecule has 6 nitrogen and oxygen atoms in total. The average Bonchev–Trinajstić information content (AvgIpc) is 2.71. The van der Waals surface area contributed by atoms with Crippen LogP contribution in [0.3, 0.4) is 0 Å². The summed E-state index contributed by atoms with van der Waals surface area (Å²) in [6.45, 7) is 5.69. The highest BCUT2D eigenvalue weighted by Crippen LogP contribution is 2.20. The lowest BCUT2D eigenvalue weighted by atomic mass is 10.2. The molecular formula is C21H27ClFN3O3S. The molecule has 1 fully saturated rings. The summed E-state index contributed by atoms with van der Waals surface area (Å²) in [6, 6.07) is 11.0. The van der Waals surface area contributed by atoms with Crippen molar-refractivity contribution in [3.63, 3.8) is 0 Å². The Morgan fingerprint density at radius 3 is 2.27 bits per heavy atom. The van der Waals surface area contributed by atoms with Gasteiger partial charge in [-0.3, -0.25) is 9.80 Å². The highest BCUT2D eigenvalue weighted by atomic mass is 35.5. The first-order chi connectivity index (χ1) is 14.3. The Bertz CT molecular complexity index is 946. The molecule has 0 N–H and O–H groups in total. The smallest absolute Gasteiger partial charge is 0.242 e. The van der Waals surface area contributed by atoms with E-state index in [1.165, 1.54) is 30.5 Å². The second kappa shape index (κ2) is 10.1. The fourth-order valence-electron chi connectivity index (χ4n) is 3.27. The second-order valence-electron chi connectivity index (χ2n) is 7.46. The summed E-state index contributed by atoms with van der Waals surface area (Å²) < 4.78 is 44.3. The van der Waals surface area contributed by atoms with Crippen molar-refractivity contribution in [2.24, 2.45) is 0 Å². The molecule has 1 saturated heterocycles. The van der Waals surface area contributed by atoms with Gasteiger partial charge in [-0.15, -0.1) is 0 Å². The van der Waals surface area contributed by atoms with Crippen molar-refractivity contribution in [3.05, 3.63) is 58.9 Å². The van der Waals surface area contributed by atoms with E-state index < -0.39 is 10.0 Å². The molecule has 0 spiro atoms. The fourth-order valence-corrected chi connectivity index (χ4v) is 4.40. The number of rotatable bonds is 8. The molecule has 30 heavy (non-hydrogen) atoms. The first-order valence-corrected chi connectivity index (χ1v) is 11.6. The van der Waals surface area contributed by atoms with Crippen molar-refractivity contribution >= 4 is 21.6 Å². The largest absolute Gasteiger partial charge is 0.492 e. The molecule has 0 unspecified atom stereocenters. The van der Waals surface area contributed by atoms with Gasteiger partial charge in [0.15, 0.2) is 0 Å². The van der Waals surface area contributed by atoms with Crippen LogP contribution in [0.4, 0.5) is 4.39 Å². The van der Waals surface area contributed by atoms with E-state index in [1.54, 1.807) is 30.3 Å². The van der Waals surface area contributed by atoms with Gasteiger partial charge in [-0.25, -0.2) is 17.1 Å². The van der Waals surface area contributed by atoms with E-state index in [4.69, 9.17) is 16.3 Å². The Kier molecular flexibility index (Phi) is 7.70. The molecule has 0 aromatic heterocycles. The van der Waals surface area contributed by atoms with Crippen LogP contribution in [0.25, 0.3) is 0 Å². The first kappa shape index (κ1) is 23.0. The molecular weight excluding hydrogens is 429 g/mol. The third-order valence-electron chi connectivity index (χ3n) is 5.15. The van der Waals surface area contributed by atoms with Crippen LogP contribution in [0.5, 0.6) is 5.75 Å². The number of hydrogen-bond acceptors (Lipinski definition) is 5. The van der Waals surface area contributed by atoms with E-state index >= 15 is 0 Å². The molecule has 0 saturated carbocycles. The predicted octanol–water partition coefficient (Wildman–Crippen LogP) is 2.93. The monoisotopic (exact) mass is 455 g/mol. The fraction of sp³-hybridized carbons (Fsp3) is 0.429. The summed E-state index contributed by atoms with van der Waals surface area (Å²) in [6.07, 6.45) is 0. The van der Waals surface area contributed by atoms with Crippen molar-refractivity contribution in [2.75, 3.05) is 53.4 Å². The van der Waals surface area contributed by atoms with Gasteiger partial charge in [0, 0.05) is 58.4 Å². The lowest BCUT2D eigenvalue weighted by molar-refractivity contribution is 0.112. The van der Waals surface area contributed by atoms with E-state index in [0.29, 0.717) is 23.9 Å². The topological polar surface area (TPSA) is 53.1 Å². The molecule has 0 atom stereocenters. The number of nitrogens with zero attached hydrogens (tertiary/aromatic N) is 3. The molecule has 1 aliphatic rings. The van der Waals surface area contributed by atoms with Crippen LogP contribution in [-0.2, 0) is 16.6 Å². The summed E-state index contributed by atoms with van der Waals surface area (Å²) >= 11 is 6.12. The zero-order valence-corrected chi connectivity index (χ0v) is 18.8. The standard InChI is InChI=1S/C21H27ClFN3O3S/c1-24(2)30(27,28)20-7-5-19(6-8-20)29-14-13-25-9-11-26(12-10-25)16-17-3-4-18(23)15-21(17)22/h3-8,15H,9-14,16H2,1-2H3. The van der Waals surface area contributed by atoms with Gasteiger partial charge < -0.3 is 4.74 Å². The number of hydrogen-bond donors (Lipinski definition) is 0. The number of halogens is 2. The summed E-state index contributed by atoms with van der Waals surface area (Å²) in [4.78, 5) is 4.88. The van der Waals surface area contributed by atoms with Crippen LogP contribution < -0.4 is 4.74 Å². The molecule has 1 heterocycles. The third-order valence-corrected chi connectivity index (χ3v) is 7.33. The van der Waals surface area contributed by atoms with Gasteiger partial charge in [-0.05, 0) is 42.0 Å². The van der Waals surface area contributed by atoms with E-state index in [1.807, 2.05) is 0 Å². The highest BCUT2D eigenvalue weighted by Gasteiger charge is 2.19. The van der Waals surface area contributed by atoms with Crippen LogP contribution in [0, 0.1) is 5.82 Å². The van der Waals surface area contributed by atoms with Crippen molar-refractivity contribution in [1.29, 1.82) is 0 Å². The minimum Gasteiger partial charge on any atom is -0.492 e. The Labute approximate surface area is 182 Å². The average molecular weight is 456 g/mol. The van der Waals surface area contributed by atoms with Crippen molar-refractivity contribution in [2.45, 2.75) is 11.4 Å². The summed E-state index contributed by atoms with van der Waals surface area (Å²) in [5.41, 5.74) is 0.939. The van der Waals surface area contributed by atoms with Crippen molar-refractivity contribution in [1.82, 2.24) is 14.1 Å². The zero-order valence-electron chi connectivity index (χ0n) is 17.2. The SMILES string of the molecule is CN(C)S(=O)(=O)c1ccc(OCCN2CCN(Cc3ccc(F)cc3Cl)CC2)cc1. The molecule has 2 aromatic rings. The molecule has 9 heteroatoms. The Morgan fingerprint density at radius 1 is 1.03 bits per heavy atom. The first-order valence-electron chi connectivity index (χ1n) is 9.80. The van der Waals surface area contributed by atoms with Crippen LogP contribution >= 0.6 is 11.6 Å². The van der Waals surface area contributed by atoms with Gasteiger partial charge in [0.05, 0.1) is 4.90 Å². The van der Waals surface area contributed by atoms with Gasteiger partial charge >= 0.3 is 0 Å². The normalized spacial score (nSPS) is 16.2. The molecule has 0 aliphatic carbocycles. The number of piperazine rings is 1. The van der Waals surface area contributed by atoms with Gasteiger partial charge in [-0.1, -0.05) is 17.7 Å². The van der Waals surface area contributed by atoms with E-state index in [0.717, 1.165) is 38.3 Å². The van der Waals surface area contributed by atoms with Gasteiger partial charge in [0.2, 0.25) is 10.0 Å². The zero-order chi connectivity index (χ0) is 21.7. The maximum absolute atomic E-state index is 13.2. The number of sulfonamides is 1. The number of ether oxygens (including phenoxy) is 1. The molecule has 1 aliphatic heterocycles. The van der Waals surface area contributed by atoms with E-state index in [-0.39, 0.29) is 10.7 Å². The summed E-state index contributed by atoms with van der Waals surface area (Å²) in [5, 5.41) is 0.468. The minimum atomic E-state index is -3.43. The predicted molar refractivity (Wildman–Crippen MR) is 116 cm³/mol. The van der Waals surface area contributed by atoms with E-state index in [9.17, 15) is 12.8 Å². The second-order valence-corrected chi connectivity index (χ2v) is 10.0.